The third-order valence-electron chi connectivity index (χ3n) is 6.74. The van der Waals surface area contributed by atoms with Gasteiger partial charge in [-0.2, -0.15) is 0 Å². The van der Waals surface area contributed by atoms with Gasteiger partial charge in [-0.3, -0.25) is 9.59 Å². The van der Waals surface area contributed by atoms with Gasteiger partial charge in [0.25, 0.3) is 5.91 Å². The molecule has 1 aliphatic heterocycles. The van der Waals surface area contributed by atoms with Gasteiger partial charge in [-0.1, -0.05) is 11.6 Å². The highest BCUT2D eigenvalue weighted by Crippen LogP contribution is 2.24. The molecule has 2 amide bonds. The van der Waals surface area contributed by atoms with Gasteiger partial charge < -0.3 is 24.8 Å². The zero-order valence-corrected chi connectivity index (χ0v) is 23.0. The topological polar surface area (TPSA) is 92.7 Å². The molecule has 1 aliphatic rings. The van der Waals surface area contributed by atoms with Crippen LogP contribution in [0.2, 0.25) is 5.02 Å². The molecule has 1 saturated heterocycles. The minimum absolute atomic E-state index is 0.0587. The lowest BCUT2D eigenvalue weighted by molar-refractivity contribution is -0.116. The second-order valence-corrected chi connectivity index (χ2v) is 10.7. The maximum atomic E-state index is 13.5. The van der Waals surface area contributed by atoms with Gasteiger partial charge in [-0.05, 0) is 89.1 Å². The van der Waals surface area contributed by atoms with E-state index in [-0.39, 0.29) is 30.5 Å². The fourth-order valence-corrected chi connectivity index (χ4v) is 4.86. The predicted octanol–water partition coefficient (Wildman–Crippen LogP) is 5.10. The van der Waals surface area contributed by atoms with E-state index in [1.807, 2.05) is 0 Å². The quantitative estimate of drug-likeness (QED) is 0.389. The van der Waals surface area contributed by atoms with Gasteiger partial charge in [-0.15, -0.1) is 0 Å². The molecule has 0 unspecified atom stereocenters. The molecule has 0 aliphatic carbocycles. The summed E-state index contributed by atoms with van der Waals surface area (Å²) < 4.78 is 7.02. The van der Waals surface area contributed by atoms with E-state index in [0.29, 0.717) is 38.9 Å². The number of piperidine rings is 1. The Morgan fingerprint density at radius 1 is 1.00 bits per heavy atom. The Hall–Kier alpha value is -3.36. The van der Waals surface area contributed by atoms with Crippen molar-refractivity contribution >= 4 is 46.0 Å². The third-order valence-corrected chi connectivity index (χ3v) is 6.99. The summed E-state index contributed by atoms with van der Waals surface area (Å²) in [6.45, 7) is 9.72. The summed E-state index contributed by atoms with van der Waals surface area (Å²) in [5, 5.41) is 7.28. The van der Waals surface area contributed by atoms with E-state index >= 15 is 0 Å². The number of likely N-dealkylation sites (tertiary alicyclic amines) is 1. The summed E-state index contributed by atoms with van der Waals surface area (Å²) in [4.78, 5) is 41.4. The van der Waals surface area contributed by atoms with Crippen LogP contribution in [0, 0.1) is 0 Å². The number of ether oxygens (including phenoxy) is 1. The molecule has 0 saturated carbocycles. The van der Waals surface area contributed by atoms with Crippen molar-refractivity contribution in [3.63, 3.8) is 0 Å². The van der Waals surface area contributed by atoms with Crippen molar-refractivity contribution in [2.24, 2.45) is 0 Å². The standard InChI is InChI=1S/C29H35ClN4O4/c1-18(2)33-13-11-24(12-14-33)32-28(36)26-16-21-15-20(29(37)38-19(3)4)5-10-25(21)34(26)17-27(35)31-23-8-6-22(30)7-9-23/h5-10,15-16,18-19,24H,11-14,17H2,1-4H3,(H,31,35)(H,32,36). The fourth-order valence-electron chi connectivity index (χ4n) is 4.74. The molecule has 2 heterocycles. The van der Waals surface area contributed by atoms with Gasteiger partial charge in [0.1, 0.15) is 12.2 Å². The first-order valence-corrected chi connectivity index (χ1v) is 13.4. The number of fused-ring (bicyclic) bond motifs is 1. The minimum Gasteiger partial charge on any atom is -0.459 e. The molecule has 1 fully saturated rings. The number of nitrogens with zero attached hydrogens (tertiary/aromatic N) is 2. The third kappa shape index (κ3) is 6.74. The summed E-state index contributed by atoms with van der Waals surface area (Å²) in [6.07, 6.45) is 1.49. The van der Waals surface area contributed by atoms with Gasteiger partial charge in [-0.25, -0.2) is 4.79 Å². The molecule has 4 rings (SSSR count). The number of halogens is 1. The average Bonchev–Trinajstić information content (AvgIpc) is 3.23. The Labute approximate surface area is 228 Å². The molecule has 0 bridgehead atoms. The highest BCUT2D eigenvalue weighted by molar-refractivity contribution is 6.30. The summed E-state index contributed by atoms with van der Waals surface area (Å²) in [5.74, 6) is -0.958. The van der Waals surface area contributed by atoms with Crippen LogP contribution < -0.4 is 10.6 Å². The van der Waals surface area contributed by atoms with Gasteiger partial charge >= 0.3 is 5.97 Å². The van der Waals surface area contributed by atoms with Crippen molar-refractivity contribution in [2.75, 3.05) is 18.4 Å². The molecule has 8 nitrogen and oxygen atoms in total. The smallest absolute Gasteiger partial charge is 0.338 e. The first kappa shape index (κ1) is 27.7. The zero-order valence-electron chi connectivity index (χ0n) is 22.3. The highest BCUT2D eigenvalue weighted by atomic mass is 35.5. The number of hydrogen-bond donors (Lipinski definition) is 2. The number of carbonyl (C=O) groups excluding carboxylic acids is 3. The molecule has 202 valence electrons. The maximum Gasteiger partial charge on any atom is 0.338 e. The fraction of sp³-hybridized carbons (Fsp3) is 0.414. The number of hydrogen-bond acceptors (Lipinski definition) is 5. The Kier molecular flexibility index (Phi) is 8.74. The Bertz CT molecular complexity index is 1310. The van der Waals surface area contributed by atoms with Crippen LogP contribution in [0.15, 0.2) is 48.5 Å². The van der Waals surface area contributed by atoms with E-state index in [0.717, 1.165) is 25.9 Å². The number of esters is 1. The molecule has 0 spiro atoms. The maximum absolute atomic E-state index is 13.5. The van der Waals surface area contributed by atoms with Crippen molar-refractivity contribution < 1.29 is 19.1 Å². The van der Waals surface area contributed by atoms with Crippen molar-refractivity contribution in [1.82, 2.24) is 14.8 Å². The summed E-state index contributed by atoms with van der Waals surface area (Å²) in [5.41, 5.74) is 2.04. The first-order valence-electron chi connectivity index (χ1n) is 13.1. The van der Waals surface area contributed by atoms with Gasteiger partial charge in [0, 0.05) is 46.8 Å². The van der Waals surface area contributed by atoms with Crippen LogP contribution in [0.25, 0.3) is 10.9 Å². The molecular weight excluding hydrogens is 504 g/mol. The number of benzene rings is 2. The molecule has 1 aromatic heterocycles. The summed E-state index contributed by atoms with van der Waals surface area (Å²) in [6, 6.07) is 14.2. The van der Waals surface area contributed by atoms with Crippen molar-refractivity contribution in [3.8, 4) is 0 Å². The van der Waals surface area contributed by atoms with Crippen LogP contribution in [0.1, 0.15) is 61.4 Å². The molecule has 0 radical (unpaired) electrons. The van der Waals surface area contributed by atoms with Gasteiger partial charge in [0.2, 0.25) is 5.91 Å². The van der Waals surface area contributed by atoms with Crippen LogP contribution in [0.4, 0.5) is 5.69 Å². The highest BCUT2D eigenvalue weighted by Gasteiger charge is 2.25. The van der Waals surface area contributed by atoms with Crippen molar-refractivity contribution in [1.29, 1.82) is 0 Å². The molecule has 38 heavy (non-hydrogen) atoms. The summed E-state index contributed by atoms with van der Waals surface area (Å²) in [7, 11) is 0. The van der Waals surface area contributed by atoms with E-state index < -0.39 is 5.97 Å². The largest absolute Gasteiger partial charge is 0.459 e. The van der Waals surface area contributed by atoms with Crippen LogP contribution in [0.5, 0.6) is 0 Å². The van der Waals surface area contributed by atoms with Crippen LogP contribution in [-0.2, 0) is 16.1 Å². The van der Waals surface area contributed by atoms with Crippen LogP contribution >= 0.6 is 11.6 Å². The second-order valence-electron chi connectivity index (χ2n) is 10.3. The van der Waals surface area contributed by atoms with E-state index in [2.05, 4.69) is 29.4 Å². The Balaban J connectivity index is 1.59. The minimum atomic E-state index is -0.432. The van der Waals surface area contributed by atoms with E-state index in [1.54, 1.807) is 66.9 Å². The zero-order chi connectivity index (χ0) is 27.4. The number of amides is 2. The SMILES string of the molecule is CC(C)OC(=O)c1ccc2c(c1)cc(C(=O)NC1CCN(C(C)C)CC1)n2CC(=O)Nc1ccc(Cl)cc1. The molecule has 9 heteroatoms. The second kappa shape index (κ2) is 12.0. The lowest BCUT2D eigenvalue weighted by Gasteiger charge is -2.34. The van der Waals surface area contributed by atoms with E-state index in [1.165, 1.54) is 0 Å². The number of aromatic nitrogens is 1. The van der Waals surface area contributed by atoms with Crippen molar-refractivity contribution in [2.45, 2.75) is 65.3 Å². The van der Waals surface area contributed by atoms with Crippen LogP contribution in [0.3, 0.4) is 0 Å². The Morgan fingerprint density at radius 3 is 2.32 bits per heavy atom. The normalized spacial score (nSPS) is 14.7. The lowest BCUT2D eigenvalue weighted by Crippen LogP contribution is -2.47. The molecule has 3 aromatic rings. The molecule has 2 N–H and O–H groups in total. The molecule has 0 atom stereocenters. The number of anilines is 1. The van der Waals surface area contributed by atoms with Crippen molar-refractivity contribution in [3.05, 3.63) is 64.8 Å². The Morgan fingerprint density at radius 2 is 1.68 bits per heavy atom. The number of nitrogens with one attached hydrogen (secondary N) is 2. The molecular formula is C29H35ClN4O4. The summed E-state index contributed by atoms with van der Waals surface area (Å²) >= 11 is 5.95. The van der Waals surface area contributed by atoms with Gasteiger partial charge in [0.15, 0.2) is 0 Å². The monoisotopic (exact) mass is 538 g/mol. The average molecular weight is 539 g/mol. The lowest BCUT2D eigenvalue weighted by atomic mass is 10.0. The number of carbonyl (C=O) groups is 3. The first-order chi connectivity index (χ1) is 18.1. The molecule has 2 aromatic carbocycles. The van der Waals surface area contributed by atoms with Gasteiger partial charge in [0.05, 0.1) is 11.7 Å². The number of rotatable bonds is 8. The van der Waals surface area contributed by atoms with E-state index in [4.69, 9.17) is 16.3 Å². The van der Waals surface area contributed by atoms with Crippen LogP contribution in [-0.4, -0.2) is 58.5 Å². The van der Waals surface area contributed by atoms with E-state index in [9.17, 15) is 14.4 Å². The predicted molar refractivity (Wildman–Crippen MR) is 150 cm³/mol.